The molecule has 0 aliphatic heterocycles. The molecule has 9 nitrogen and oxygen atoms in total. The number of nitrogens with one attached hydrogen (secondary N) is 1. The van der Waals surface area contributed by atoms with Crippen molar-refractivity contribution in [2.45, 2.75) is 19.6 Å². The molecule has 1 unspecified atom stereocenters. The number of nitriles is 1. The fourth-order valence-corrected chi connectivity index (χ4v) is 3.31. The molecule has 0 amide bonds. The van der Waals surface area contributed by atoms with Crippen LogP contribution in [0.5, 0.6) is 5.75 Å². The van der Waals surface area contributed by atoms with E-state index in [1.165, 1.54) is 4.57 Å². The van der Waals surface area contributed by atoms with Crippen molar-refractivity contribution in [2.75, 3.05) is 30.3 Å². The van der Waals surface area contributed by atoms with E-state index in [1.807, 2.05) is 43.3 Å². The number of hydrogen-bond acceptors (Lipinski definition) is 7. The molecule has 32 heavy (non-hydrogen) atoms. The number of anilines is 2. The van der Waals surface area contributed by atoms with Crippen molar-refractivity contribution in [1.82, 2.24) is 9.55 Å². The van der Waals surface area contributed by atoms with E-state index in [0.717, 1.165) is 5.56 Å². The summed E-state index contributed by atoms with van der Waals surface area (Å²) in [6.45, 7) is 2.45. The largest absolute Gasteiger partial charge is 0.491 e. The Morgan fingerprint density at radius 3 is 2.50 bits per heavy atom. The number of aromatic amines is 1. The molecule has 1 heterocycles. The summed E-state index contributed by atoms with van der Waals surface area (Å²) in [5.41, 5.74) is 6.53. The number of aromatic nitrogens is 2. The number of H-pyrrole nitrogens is 1. The first-order chi connectivity index (χ1) is 15.4. The van der Waals surface area contributed by atoms with E-state index in [2.05, 4.69) is 4.98 Å². The molecule has 2 aromatic carbocycles. The van der Waals surface area contributed by atoms with Gasteiger partial charge in [-0.15, -0.1) is 0 Å². The van der Waals surface area contributed by atoms with Crippen LogP contribution >= 0.6 is 0 Å². The topological polar surface area (TPSA) is 137 Å². The van der Waals surface area contributed by atoms with Gasteiger partial charge in [0.05, 0.1) is 18.2 Å². The van der Waals surface area contributed by atoms with E-state index >= 15 is 0 Å². The fraction of sp³-hybridized carbons (Fsp3) is 0.261. The van der Waals surface area contributed by atoms with Crippen molar-refractivity contribution in [3.05, 3.63) is 86.6 Å². The lowest BCUT2D eigenvalue weighted by Gasteiger charge is -2.27. The zero-order valence-electron chi connectivity index (χ0n) is 17.7. The molecule has 3 aromatic rings. The molecule has 3 rings (SSSR count). The Labute approximate surface area is 184 Å². The zero-order chi connectivity index (χ0) is 23.1. The number of nitrogens with zero attached hydrogens (tertiary/aromatic N) is 3. The van der Waals surface area contributed by atoms with Gasteiger partial charge in [0.2, 0.25) is 0 Å². The molecule has 9 heteroatoms. The molecule has 0 spiro atoms. The summed E-state index contributed by atoms with van der Waals surface area (Å²) in [4.78, 5) is 28.9. The Balaban J connectivity index is 1.76. The zero-order valence-corrected chi connectivity index (χ0v) is 17.7. The van der Waals surface area contributed by atoms with E-state index in [4.69, 9.17) is 15.7 Å². The highest BCUT2D eigenvalue weighted by atomic mass is 16.5. The number of nitrogens with two attached hydrogens (primary N) is 1. The van der Waals surface area contributed by atoms with Gasteiger partial charge >= 0.3 is 5.69 Å². The number of ether oxygens (including phenoxy) is 1. The molecule has 1 aromatic heterocycles. The van der Waals surface area contributed by atoms with Crippen LogP contribution in [0.3, 0.4) is 0 Å². The van der Waals surface area contributed by atoms with Gasteiger partial charge in [-0.3, -0.25) is 14.3 Å². The predicted molar refractivity (Wildman–Crippen MR) is 122 cm³/mol. The maximum Gasteiger partial charge on any atom is 0.330 e. The molecule has 0 fully saturated rings. The van der Waals surface area contributed by atoms with Gasteiger partial charge in [0.15, 0.2) is 0 Å². The van der Waals surface area contributed by atoms with Crippen LogP contribution in [-0.4, -0.2) is 40.5 Å². The van der Waals surface area contributed by atoms with Crippen LogP contribution in [0, 0.1) is 11.3 Å². The number of nitrogen functional groups attached to an aromatic ring is 1. The van der Waals surface area contributed by atoms with E-state index in [9.17, 15) is 14.7 Å². The highest BCUT2D eigenvalue weighted by Crippen LogP contribution is 2.18. The molecule has 0 radical (unpaired) electrons. The van der Waals surface area contributed by atoms with Crippen LogP contribution in [0.1, 0.15) is 18.1 Å². The highest BCUT2D eigenvalue weighted by molar-refractivity contribution is 5.62. The van der Waals surface area contributed by atoms with Gasteiger partial charge in [-0.05, 0) is 36.8 Å². The van der Waals surface area contributed by atoms with Crippen molar-refractivity contribution in [1.29, 1.82) is 5.26 Å². The number of rotatable bonds is 9. The van der Waals surface area contributed by atoms with Crippen LogP contribution < -0.4 is 26.6 Å². The van der Waals surface area contributed by atoms with Crippen molar-refractivity contribution >= 4 is 11.5 Å². The van der Waals surface area contributed by atoms with Crippen LogP contribution in [0.25, 0.3) is 0 Å². The number of aliphatic hydroxyl groups excluding tert-OH is 1. The summed E-state index contributed by atoms with van der Waals surface area (Å²) < 4.78 is 6.87. The van der Waals surface area contributed by atoms with E-state index in [-0.39, 0.29) is 31.2 Å². The monoisotopic (exact) mass is 435 g/mol. The van der Waals surface area contributed by atoms with Crippen molar-refractivity contribution in [3.63, 3.8) is 0 Å². The Bertz CT molecular complexity index is 1200. The first kappa shape index (κ1) is 22.7. The maximum atomic E-state index is 12.6. The molecular weight excluding hydrogens is 410 g/mol. The van der Waals surface area contributed by atoms with Gasteiger partial charge in [0.1, 0.15) is 30.0 Å². The smallest absolute Gasteiger partial charge is 0.330 e. The molecular formula is C23H25N5O4. The van der Waals surface area contributed by atoms with Gasteiger partial charge in [-0.25, -0.2) is 4.79 Å². The van der Waals surface area contributed by atoms with Gasteiger partial charge in [0.25, 0.3) is 5.56 Å². The highest BCUT2D eigenvalue weighted by Gasteiger charge is 2.20. The van der Waals surface area contributed by atoms with Crippen LogP contribution in [0.2, 0.25) is 0 Å². The van der Waals surface area contributed by atoms with Gasteiger partial charge in [-0.2, -0.15) is 5.26 Å². The van der Waals surface area contributed by atoms with Crippen molar-refractivity contribution < 1.29 is 9.84 Å². The second-order valence-corrected chi connectivity index (χ2v) is 7.20. The third kappa shape index (κ3) is 5.36. The maximum absolute atomic E-state index is 12.6. The standard InChI is InChI=1S/C23H25N5O4/c1-2-27(14-18(29)15-32-19-10-8-16(12-24)9-11-19)20-21(25)28(23(31)26-22(20)30)13-17-6-4-3-5-7-17/h3-11,18,29H,2,13-15,25H2,1H3,(H,26,30,31). The van der Waals surface area contributed by atoms with Crippen molar-refractivity contribution in [3.8, 4) is 11.8 Å². The van der Waals surface area contributed by atoms with Crippen LogP contribution in [0.4, 0.5) is 11.5 Å². The number of hydrogen-bond donors (Lipinski definition) is 3. The molecule has 166 valence electrons. The third-order valence-corrected chi connectivity index (χ3v) is 4.95. The molecule has 0 aliphatic rings. The minimum atomic E-state index is -0.932. The Hall–Kier alpha value is -4.03. The van der Waals surface area contributed by atoms with Crippen LogP contribution in [-0.2, 0) is 6.54 Å². The summed E-state index contributed by atoms with van der Waals surface area (Å²) in [6, 6.07) is 17.8. The number of likely N-dealkylation sites (N-methyl/N-ethyl adjacent to an activating group) is 1. The molecule has 1 atom stereocenters. The Morgan fingerprint density at radius 1 is 1.19 bits per heavy atom. The molecule has 0 aliphatic carbocycles. The van der Waals surface area contributed by atoms with E-state index < -0.39 is 17.4 Å². The summed E-state index contributed by atoms with van der Waals surface area (Å²) in [5.74, 6) is 0.546. The van der Waals surface area contributed by atoms with Gasteiger partial charge < -0.3 is 20.5 Å². The second-order valence-electron chi connectivity index (χ2n) is 7.20. The summed E-state index contributed by atoms with van der Waals surface area (Å²) in [7, 11) is 0. The Kier molecular flexibility index (Phi) is 7.31. The van der Waals surface area contributed by atoms with E-state index in [1.54, 1.807) is 29.2 Å². The lowest BCUT2D eigenvalue weighted by molar-refractivity contribution is 0.112. The Morgan fingerprint density at radius 2 is 1.88 bits per heavy atom. The van der Waals surface area contributed by atoms with E-state index in [0.29, 0.717) is 17.9 Å². The molecule has 4 N–H and O–H groups in total. The normalized spacial score (nSPS) is 11.5. The third-order valence-electron chi connectivity index (χ3n) is 4.95. The molecule has 0 bridgehead atoms. The molecule has 0 saturated carbocycles. The summed E-state index contributed by atoms with van der Waals surface area (Å²) in [6.07, 6.45) is -0.932. The summed E-state index contributed by atoms with van der Waals surface area (Å²) >= 11 is 0. The average molecular weight is 435 g/mol. The quantitative estimate of drug-likeness (QED) is 0.461. The average Bonchev–Trinajstić information content (AvgIpc) is 2.80. The van der Waals surface area contributed by atoms with Gasteiger partial charge in [0, 0.05) is 13.1 Å². The van der Waals surface area contributed by atoms with Crippen molar-refractivity contribution in [2.24, 2.45) is 0 Å². The first-order valence-corrected chi connectivity index (χ1v) is 10.2. The second kappa shape index (κ2) is 10.3. The minimum absolute atomic E-state index is 0.0239. The lowest BCUT2D eigenvalue weighted by atomic mass is 10.2. The summed E-state index contributed by atoms with van der Waals surface area (Å²) in [5, 5.41) is 19.3. The number of benzene rings is 2. The van der Waals surface area contributed by atoms with Gasteiger partial charge in [-0.1, -0.05) is 30.3 Å². The number of aliphatic hydroxyl groups is 1. The first-order valence-electron chi connectivity index (χ1n) is 10.2. The fourth-order valence-electron chi connectivity index (χ4n) is 3.31. The predicted octanol–water partition coefficient (Wildman–Crippen LogP) is 1.30. The lowest BCUT2D eigenvalue weighted by Crippen LogP contribution is -2.42. The van der Waals surface area contributed by atoms with Crippen LogP contribution in [0.15, 0.2) is 64.2 Å². The SMILES string of the molecule is CCN(CC(O)COc1ccc(C#N)cc1)c1c(N)n(Cc2ccccc2)c(=O)[nH]c1=O. The molecule has 0 saturated heterocycles. The minimum Gasteiger partial charge on any atom is -0.491 e.